The second-order valence-electron chi connectivity index (χ2n) is 3.80. The molecule has 1 N–H and O–H groups in total. The molecule has 0 spiro atoms. The summed E-state index contributed by atoms with van der Waals surface area (Å²) in [4.78, 5) is 0.676. The van der Waals surface area contributed by atoms with Crippen molar-refractivity contribution in [1.29, 1.82) is 0 Å². The van der Waals surface area contributed by atoms with Crippen LogP contribution in [0.5, 0.6) is 0 Å². The van der Waals surface area contributed by atoms with Crippen LogP contribution in [0.2, 0.25) is 0 Å². The van der Waals surface area contributed by atoms with Crippen LogP contribution in [0.25, 0.3) is 0 Å². The second kappa shape index (κ2) is 3.44. The third-order valence-electron chi connectivity index (χ3n) is 1.63. The first-order chi connectivity index (χ1) is 5.96. The zero-order valence-electron chi connectivity index (χ0n) is 7.90. The quantitative estimate of drug-likeness (QED) is 0.692. The average Bonchev–Trinajstić information content (AvgIpc) is 2.49. The van der Waals surface area contributed by atoms with E-state index < -0.39 is 6.10 Å². The molecule has 0 radical (unpaired) electrons. The van der Waals surface area contributed by atoms with Crippen molar-refractivity contribution in [2.45, 2.75) is 32.3 Å². The number of aromatic nitrogens is 2. The van der Waals surface area contributed by atoms with Gasteiger partial charge in [-0.15, -0.1) is 11.5 Å². The molecule has 1 unspecified atom stereocenters. The number of aliphatic hydroxyl groups is 1. The molecule has 1 rings (SSSR count). The fourth-order valence-corrected chi connectivity index (χ4v) is 1.78. The van der Waals surface area contributed by atoms with Crippen LogP contribution in [-0.4, -0.2) is 14.7 Å². The fraction of sp³-hybridized carbons (Fsp3) is 0.556. The minimum atomic E-state index is -0.880. The Hall–Kier alpha value is -0.920. The van der Waals surface area contributed by atoms with Gasteiger partial charge in [0.1, 0.15) is 0 Å². The van der Waals surface area contributed by atoms with Gasteiger partial charge in [-0.1, -0.05) is 31.2 Å². The van der Waals surface area contributed by atoms with Gasteiger partial charge in [0.25, 0.3) is 0 Å². The van der Waals surface area contributed by atoms with E-state index in [1.165, 1.54) is 0 Å². The molecule has 1 heterocycles. The number of hydrogen-bond donors (Lipinski definition) is 1. The number of nitrogens with zero attached hydrogens (tertiary/aromatic N) is 2. The van der Waals surface area contributed by atoms with Gasteiger partial charge in [0, 0.05) is 5.41 Å². The van der Waals surface area contributed by atoms with Crippen molar-refractivity contribution >= 4 is 11.5 Å². The van der Waals surface area contributed by atoms with Gasteiger partial charge in [-0.3, -0.25) is 0 Å². The van der Waals surface area contributed by atoms with Crippen LogP contribution >= 0.6 is 11.5 Å². The zero-order chi connectivity index (χ0) is 10.1. The van der Waals surface area contributed by atoms with Crippen molar-refractivity contribution in [2.75, 3.05) is 0 Å². The van der Waals surface area contributed by atoms with Gasteiger partial charge in [-0.05, 0) is 11.5 Å². The first-order valence-electron chi connectivity index (χ1n) is 3.93. The first-order valence-corrected chi connectivity index (χ1v) is 4.71. The maximum atomic E-state index is 9.46. The topological polar surface area (TPSA) is 46.0 Å². The molecule has 13 heavy (non-hydrogen) atoms. The van der Waals surface area contributed by atoms with Crippen LogP contribution in [0.1, 0.15) is 37.4 Å². The lowest BCUT2D eigenvalue weighted by atomic mass is 9.90. The summed E-state index contributed by atoms with van der Waals surface area (Å²) in [6, 6.07) is 0. The van der Waals surface area contributed by atoms with Gasteiger partial charge in [-0.25, -0.2) is 0 Å². The smallest absolute Gasteiger partial charge is 0.152 e. The third-order valence-corrected chi connectivity index (χ3v) is 2.41. The first kappa shape index (κ1) is 10.2. The summed E-state index contributed by atoms with van der Waals surface area (Å²) in [5.74, 6) is 2.27. The number of hydrogen-bond acceptors (Lipinski definition) is 4. The Kier molecular flexibility index (Phi) is 2.69. The van der Waals surface area contributed by atoms with Gasteiger partial charge < -0.3 is 5.11 Å². The molecule has 0 saturated heterocycles. The van der Waals surface area contributed by atoms with Gasteiger partial charge in [0.2, 0.25) is 0 Å². The van der Waals surface area contributed by atoms with Crippen LogP contribution < -0.4 is 0 Å². The fourth-order valence-electron chi connectivity index (χ4n) is 0.972. The van der Waals surface area contributed by atoms with Crippen LogP contribution in [-0.2, 0) is 5.41 Å². The van der Waals surface area contributed by atoms with E-state index in [4.69, 9.17) is 6.42 Å². The van der Waals surface area contributed by atoms with Crippen molar-refractivity contribution in [1.82, 2.24) is 9.59 Å². The van der Waals surface area contributed by atoms with Gasteiger partial charge >= 0.3 is 0 Å². The zero-order valence-corrected chi connectivity index (χ0v) is 8.72. The monoisotopic (exact) mass is 196 g/mol. The molecule has 1 aromatic heterocycles. The van der Waals surface area contributed by atoms with Gasteiger partial charge in [0.05, 0.1) is 10.6 Å². The number of rotatable bonds is 1. The highest BCUT2D eigenvalue weighted by atomic mass is 32.1. The lowest BCUT2D eigenvalue weighted by Gasteiger charge is -2.16. The number of aliphatic hydroxyl groups excluding tert-OH is 1. The highest BCUT2D eigenvalue weighted by molar-refractivity contribution is 7.05. The molecule has 0 saturated carbocycles. The molecule has 0 fully saturated rings. The molecule has 0 amide bonds. The molecule has 0 aliphatic heterocycles. The van der Waals surface area contributed by atoms with Gasteiger partial charge in [0.15, 0.2) is 6.10 Å². The maximum Gasteiger partial charge on any atom is 0.152 e. The van der Waals surface area contributed by atoms with Crippen LogP contribution in [0, 0.1) is 12.3 Å². The number of terminal acetylenes is 1. The minimum Gasteiger partial charge on any atom is -0.375 e. The van der Waals surface area contributed by atoms with E-state index in [-0.39, 0.29) is 5.41 Å². The van der Waals surface area contributed by atoms with Crippen LogP contribution in [0.15, 0.2) is 0 Å². The normalized spacial score (nSPS) is 13.8. The van der Waals surface area contributed by atoms with Crippen molar-refractivity contribution in [2.24, 2.45) is 0 Å². The Labute approximate surface area is 82.0 Å². The SMILES string of the molecule is C#CC(O)c1snnc1C(C)(C)C. The Morgan fingerprint density at radius 2 is 2.15 bits per heavy atom. The van der Waals surface area contributed by atoms with Crippen LogP contribution in [0.3, 0.4) is 0 Å². The van der Waals surface area contributed by atoms with E-state index in [1.54, 1.807) is 0 Å². The molecule has 70 valence electrons. The molecule has 4 heteroatoms. The Bertz CT molecular complexity index is 332. The molecule has 0 aliphatic rings. The van der Waals surface area contributed by atoms with Crippen molar-refractivity contribution in [3.63, 3.8) is 0 Å². The lowest BCUT2D eigenvalue weighted by molar-refractivity contribution is 0.239. The Morgan fingerprint density at radius 1 is 1.54 bits per heavy atom. The van der Waals surface area contributed by atoms with Gasteiger partial charge in [-0.2, -0.15) is 0 Å². The second-order valence-corrected chi connectivity index (χ2v) is 4.59. The van der Waals surface area contributed by atoms with Crippen molar-refractivity contribution < 1.29 is 5.11 Å². The Balaban J connectivity index is 3.12. The van der Waals surface area contributed by atoms with Crippen molar-refractivity contribution in [3.8, 4) is 12.3 Å². The molecule has 1 aromatic rings. The highest BCUT2D eigenvalue weighted by Crippen LogP contribution is 2.29. The minimum absolute atomic E-state index is 0.125. The summed E-state index contributed by atoms with van der Waals surface area (Å²) in [6.07, 6.45) is 4.25. The van der Waals surface area contributed by atoms with E-state index >= 15 is 0 Å². The molecule has 0 bridgehead atoms. The molecule has 0 aromatic carbocycles. The molecule has 3 nitrogen and oxygen atoms in total. The standard InChI is InChI=1S/C9H12N2OS/c1-5-6(12)7-8(9(2,3)4)10-11-13-7/h1,6,12H,2-4H3. The largest absolute Gasteiger partial charge is 0.375 e. The highest BCUT2D eigenvalue weighted by Gasteiger charge is 2.25. The van der Waals surface area contributed by atoms with Crippen molar-refractivity contribution in [3.05, 3.63) is 10.6 Å². The third kappa shape index (κ3) is 2.06. The molecular formula is C9H12N2OS. The van der Waals surface area contributed by atoms with Crippen LogP contribution in [0.4, 0.5) is 0 Å². The Morgan fingerprint density at radius 3 is 2.62 bits per heavy atom. The molecule has 1 atom stereocenters. The average molecular weight is 196 g/mol. The summed E-state index contributed by atoms with van der Waals surface area (Å²) in [7, 11) is 0. The van der Waals surface area contributed by atoms with E-state index in [2.05, 4.69) is 15.5 Å². The summed E-state index contributed by atoms with van der Waals surface area (Å²) < 4.78 is 3.79. The van der Waals surface area contributed by atoms with E-state index in [9.17, 15) is 5.11 Å². The predicted molar refractivity (Wildman–Crippen MR) is 52.4 cm³/mol. The maximum absolute atomic E-state index is 9.46. The summed E-state index contributed by atoms with van der Waals surface area (Å²) in [6.45, 7) is 6.03. The summed E-state index contributed by atoms with van der Waals surface area (Å²) in [5.41, 5.74) is 0.656. The summed E-state index contributed by atoms with van der Waals surface area (Å²) in [5, 5.41) is 13.4. The molecular weight excluding hydrogens is 184 g/mol. The van der Waals surface area contributed by atoms with E-state index in [0.717, 1.165) is 17.2 Å². The van der Waals surface area contributed by atoms with E-state index in [1.807, 2.05) is 20.8 Å². The van der Waals surface area contributed by atoms with E-state index in [0.29, 0.717) is 4.88 Å². The molecule has 0 aliphatic carbocycles. The summed E-state index contributed by atoms with van der Waals surface area (Å²) >= 11 is 1.16. The lowest BCUT2D eigenvalue weighted by Crippen LogP contribution is -2.15. The predicted octanol–water partition coefficient (Wildman–Crippen LogP) is 1.50.